The molecule has 53 heavy (non-hydrogen) atoms. The molecule has 1 unspecified atom stereocenters. The van der Waals surface area contributed by atoms with E-state index in [-0.39, 0.29) is 34.6 Å². The average molecular weight is 746 g/mol. The molecule has 1 aliphatic carbocycles. The minimum Gasteiger partial charge on any atom is -0.463 e. The van der Waals surface area contributed by atoms with Crippen LogP contribution in [0.4, 0.5) is 15.0 Å². The van der Waals surface area contributed by atoms with E-state index in [0.29, 0.717) is 87.9 Å². The number of rotatable bonds is 9. The Morgan fingerprint density at radius 3 is 2.60 bits per heavy atom. The molecule has 2 amide bonds. The molecule has 1 aromatic carbocycles. The van der Waals surface area contributed by atoms with Crippen LogP contribution >= 0.6 is 11.6 Å². The van der Waals surface area contributed by atoms with Crippen molar-refractivity contribution in [3.05, 3.63) is 70.5 Å². The van der Waals surface area contributed by atoms with Gasteiger partial charge in [-0.2, -0.15) is 15.1 Å². The SMILES string of the molecule is O=C(OCc1ccccc1)N1CCN(C(=O)c2cc3n(n2)CCCN(c2nc(OCC4(CN5CC6C[C@H]5CO6)CC4)nc4c(F)c(Cl)ncc24)C3)CC1. The highest BCUT2D eigenvalue weighted by Gasteiger charge is 2.49. The summed E-state index contributed by atoms with van der Waals surface area (Å²) >= 11 is 6.12. The lowest BCUT2D eigenvalue weighted by Gasteiger charge is -2.33. The van der Waals surface area contributed by atoms with Crippen LogP contribution in [0.1, 0.15) is 47.4 Å². The third-order valence-corrected chi connectivity index (χ3v) is 11.4. The van der Waals surface area contributed by atoms with Crippen LogP contribution in [0, 0.1) is 11.2 Å². The Hall–Kier alpha value is -4.60. The van der Waals surface area contributed by atoms with E-state index in [1.807, 2.05) is 46.0 Å². The van der Waals surface area contributed by atoms with Gasteiger partial charge in [-0.25, -0.2) is 14.2 Å². The Morgan fingerprint density at radius 1 is 1.04 bits per heavy atom. The number of benzene rings is 1. The molecule has 4 aliphatic heterocycles. The summed E-state index contributed by atoms with van der Waals surface area (Å²) in [4.78, 5) is 47.6. The number of piperazine rings is 1. The van der Waals surface area contributed by atoms with E-state index in [4.69, 9.17) is 35.9 Å². The Bertz CT molecular complexity index is 2020. The molecule has 0 radical (unpaired) electrons. The zero-order valence-electron chi connectivity index (χ0n) is 29.3. The quantitative estimate of drug-likeness (QED) is 0.229. The molecule has 2 bridgehead atoms. The molecule has 3 saturated heterocycles. The molecule has 278 valence electrons. The fourth-order valence-electron chi connectivity index (χ4n) is 7.96. The number of hydrogen-bond donors (Lipinski definition) is 0. The molecule has 5 aliphatic rings. The van der Waals surface area contributed by atoms with Gasteiger partial charge in [0.15, 0.2) is 16.7 Å². The number of anilines is 1. The summed E-state index contributed by atoms with van der Waals surface area (Å²) in [7, 11) is 0. The Morgan fingerprint density at radius 2 is 1.85 bits per heavy atom. The molecule has 9 rings (SSSR count). The van der Waals surface area contributed by atoms with Gasteiger partial charge in [0.25, 0.3) is 5.91 Å². The number of aromatic nitrogens is 5. The van der Waals surface area contributed by atoms with Crippen molar-refractivity contribution in [2.45, 2.75) is 57.5 Å². The summed E-state index contributed by atoms with van der Waals surface area (Å²) in [6, 6.07) is 11.9. The standard InChI is InChI=1S/C37H41ClFN9O5/c38-32-30(39)31-28(17-40-32)33(42-35(41-31)53-23-37(7-8-37)22-47-19-27-15-26(47)21-51-27)46-9-4-10-48-25(18-46)16-29(43-48)34(49)44-11-13-45(14-12-44)36(50)52-20-24-5-2-1-3-6-24/h1-3,5-6,16-17,26-27H,4,7-15,18-23H2/t26-,27?/m0/s1. The number of halogens is 2. The van der Waals surface area contributed by atoms with Gasteiger partial charge >= 0.3 is 12.1 Å². The highest BCUT2D eigenvalue weighted by atomic mass is 35.5. The molecular weight excluding hydrogens is 705 g/mol. The van der Waals surface area contributed by atoms with Crippen molar-refractivity contribution in [2.24, 2.45) is 5.41 Å². The Kier molecular flexibility index (Phi) is 9.03. The van der Waals surface area contributed by atoms with Crippen molar-refractivity contribution < 1.29 is 28.2 Å². The summed E-state index contributed by atoms with van der Waals surface area (Å²) < 4.78 is 34.9. The molecule has 4 fully saturated rings. The summed E-state index contributed by atoms with van der Waals surface area (Å²) in [6.07, 6.45) is 5.36. The highest BCUT2D eigenvalue weighted by Crippen LogP contribution is 2.48. The minimum atomic E-state index is -0.718. The highest BCUT2D eigenvalue weighted by molar-refractivity contribution is 6.30. The van der Waals surface area contributed by atoms with E-state index in [1.54, 1.807) is 9.80 Å². The van der Waals surface area contributed by atoms with E-state index < -0.39 is 11.9 Å². The third-order valence-electron chi connectivity index (χ3n) is 11.2. The van der Waals surface area contributed by atoms with Crippen LogP contribution in [0.15, 0.2) is 42.6 Å². The lowest BCUT2D eigenvalue weighted by atomic mass is 10.1. The van der Waals surface area contributed by atoms with Gasteiger partial charge in [0, 0.05) is 70.0 Å². The van der Waals surface area contributed by atoms with Crippen molar-refractivity contribution in [1.82, 2.24) is 39.4 Å². The number of fused-ring (bicyclic) bond motifs is 4. The first kappa shape index (κ1) is 34.2. The largest absolute Gasteiger partial charge is 0.463 e. The smallest absolute Gasteiger partial charge is 0.410 e. The molecule has 0 spiro atoms. The zero-order chi connectivity index (χ0) is 36.1. The number of hydrogen-bond acceptors (Lipinski definition) is 11. The summed E-state index contributed by atoms with van der Waals surface area (Å²) in [6.45, 7) is 6.40. The van der Waals surface area contributed by atoms with Crippen molar-refractivity contribution in [1.29, 1.82) is 0 Å². The van der Waals surface area contributed by atoms with Gasteiger partial charge in [0.1, 0.15) is 17.9 Å². The van der Waals surface area contributed by atoms with Crippen molar-refractivity contribution >= 4 is 40.3 Å². The van der Waals surface area contributed by atoms with E-state index in [0.717, 1.165) is 50.2 Å². The average Bonchev–Trinajstić information content (AvgIpc) is 3.45. The number of aryl methyl sites for hydroxylation is 1. The van der Waals surface area contributed by atoms with Crippen LogP contribution < -0.4 is 9.64 Å². The second kappa shape index (κ2) is 14.0. The monoisotopic (exact) mass is 745 g/mol. The maximum Gasteiger partial charge on any atom is 0.410 e. The maximum absolute atomic E-state index is 15.5. The summed E-state index contributed by atoms with van der Waals surface area (Å²) in [5, 5.41) is 4.86. The van der Waals surface area contributed by atoms with Gasteiger partial charge in [-0.3, -0.25) is 14.4 Å². The number of likely N-dealkylation sites (tertiary alicyclic amines) is 1. The number of amides is 2. The number of ether oxygens (including phenoxy) is 3. The number of pyridine rings is 1. The molecule has 0 N–H and O–H groups in total. The van der Waals surface area contributed by atoms with Gasteiger partial charge < -0.3 is 28.9 Å². The number of morpholine rings is 1. The first-order valence-electron chi connectivity index (χ1n) is 18.4. The van der Waals surface area contributed by atoms with Crippen molar-refractivity contribution in [3.8, 4) is 6.01 Å². The molecule has 1 saturated carbocycles. The fraction of sp³-hybridized carbons (Fsp3) is 0.514. The Balaban J connectivity index is 0.879. The maximum atomic E-state index is 15.5. The van der Waals surface area contributed by atoms with Gasteiger partial charge in [0.05, 0.1) is 36.9 Å². The lowest BCUT2D eigenvalue weighted by molar-refractivity contribution is 0.0176. The summed E-state index contributed by atoms with van der Waals surface area (Å²) in [5.74, 6) is -0.421. The molecule has 7 heterocycles. The fourth-order valence-corrected chi connectivity index (χ4v) is 8.10. The van der Waals surface area contributed by atoms with E-state index >= 15 is 4.39 Å². The third kappa shape index (κ3) is 6.97. The predicted octanol–water partition coefficient (Wildman–Crippen LogP) is 4.15. The predicted molar refractivity (Wildman–Crippen MR) is 191 cm³/mol. The van der Waals surface area contributed by atoms with Gasteiger partial charge in [-0.05, 0) is 37.3 Å². The summed E-state index contributed by atoms with van der Waals surface area (Å²) in [5.41, 5.74) is 2.16. The van der Waals surface area contributed by atoms with Crippen molar-refractivity contribution in [3.63, 3.8) is 0 Å². The van der Waals surface area contributed by atoms with Gasteiger partial charge in [-0.1, -0.05) is 41.9 Å². The van der Waals surface area contributed by atoms with Gasteiger partial charge in [0.2, 0.25) is 0 Å². The van der Waals surface area contributed by atoms with Crippen molar-refractivity contribution in [2.75, 3.05) is 63.9 Å². The second-order valence-electron chi connectivity index (χ2n) is 14.9. The molecule has 2 atom stereocenters. The minimum absolute atomic E-state index is 0.0216. The second-order valence-corrected chi connectivity index (χ2v) is 15.2. The lowest BCUT2D eigenvalue weighted by Crippen LogP contribution is -2.50. The van der Waals surface area contributed by atoms with Crippen LogP contribution in [0.2, 0.25) is 5.15 Å². The Labute approximate surface area is 310 Å². The number of carbonyl (C=O) groups is 2. The van der Waals surface area contributed by atoms with Crippen LogP contribution in [-0.2, 0) is 29.2 Å². The van der Waals surface area contributed by atoms with E-state index in [9.17, 15) is 9.59 Å². The molecule has 3 aromatic heterocycles. The molecule has 16 heteroatoms. The van der Waals surface area contributed by atoms with E-state index in [1.165, 1.54) is 6.20 Å². The van der Waals surface area contributed by atoms with Crippen LogP contribution in [0.5, 0.6) is 6.01 Å². The van der Waals surface area contributed by atoms with Gasteiger partial charge in [-0.15, -0.1) is 0 Å². The number of nitrogens with zero attached hydrogens (tertiary/aromatic N) is 9. The van der Waals surface area contributed by atoms with Crippen LogP contribution in [-0.4, -0.2) is 123 Å². The first-order valence-corrected chi connectivity index (χ1v) is 18.8. The normalized spacial score (nSPS) is 22.2. The van der Waals surface area contributed by atoms with Crippen LogP contribution in [0.25, 0.3) is 10.9 Å². The van der Waals surface area contributed by atoms with Crippen LogP contribution in [0.3, 0.4) is 0 Å². The zero-order valence-corrected chi connectivity index (χ0v) is 30.1. The molecule has 4 aromatic rings. The first-order chi connectivity index (χ1) is 25.8. The van der Waals surface area contributed by atoms with E-state index in [2.05, 4.69) is 14.9 Å². The molecular formula is C37H41ClFN9O5. The molecule has 14 nitrogen and oxygen atoms in total. The number of carbonyl (C=O) groups excluding carboxylic acids is 2. The topological polar surface area (TPSA) is 131 Å².